The Morgan fingerprint density at radius 3 is 2.38 bits per heavy atom. The first-order valence-corrected chi connectivity index (χ1v) is 9.29. The summed E-state index contributed by atoms with van der Waals surface area (Å²) in [5, 5.41) is 6.49. The van der Waals surface area contributed by atoms with Crippen molar-refractivity contribution in [1.82, 2.24) is 15.5 Å². The molecule has 2 aromatic carbocycles. The van der Waals surface area contributed by atoms with Gasteiger partial charge in [0.1, 0.15) is 0 Å². The summed E-state index contributed by atoms with van der Waals surface area (Å²) >= 11 is 3.44. The number of carbonyl (C=O) groups is 1. The minimum Gasteiger partial charge on any atom is -0.350 e. The minimum absolute atomic E-state index is 0.00416. The quantitative estimate of drug-likeness (QED) is 0.560. The lowest BCUT2D eigenvalue weighted by molar-refractivity contribution is -0.127. The van der Waals surface area contributed by atoms with Gasteiger partial charge in [-0.1, -0.05) is 58.4 Å². The molecule has 2 rings (SSSR count). The maximum Gasteiger partial charge on any atom is 0.241 e. The predicted octanol–water partition coefficient (Wildman–Crippen LogP) is 3.33. The molecule has 1 atom stereocenters. The standard InChI is InChI=1S/C20H25BrN4O/c1-15(17-7-5-4-6-8-17)24-20(23-14-19(26)25(2)3)22-13-16-9-11-18(21)12-10-16/h4-12,15H,13-14H2,1-3H3,(H2,22,23,24). The van der Waals surface area contributed by atoms with E-state index >= 15 is 0 Å². The van der Waals surface area contributed by atoms with Gasteiger partial charge < -0.3 is 15.5 Å². The number of benzene rings is 2. The average Bonchev–Trinajstić information content (AvgIpc) is 2.65. The second-order valence-electron chi connectivity index (χ2n) is 6.21. The van der Waals surface area contributed by atoms with Crippen molar-refractivity contribution in [3.05, 3.63) is 70.2 Å². The van der Waals surface area contributed by atoms with Crippen molar-refractivity contribution in [2.24, 2.45) is 4.99 Å². The summed E-state index contributed by atoms with van der Waals surface area (Å²) in [4.78, 5) is 18.1. The minimum atomic E-state index is -0.00416. The molecule has 0 heterocycles. The zero-order valence-electron chi connectivity index (χ0n) is 15.4. The van der Waals surface area contributed by atoms with Gasteiger partial charge in [-0.05, 0) is 30.2 Å². The maximum absolute atomic E-state index is 11.9. The summed E-state index contributed by atoms with van der Waals surface area (Å²) in [6.07, 6.45) is 0. The van der Waals surface area contributed by atoms with E-state index in [0.29, 0.717) is 12.5 Å². The summed E-state index contributed by atoms with van der Waals surface area (Å²) in [6, 6.07) is 18.2. The molecule has 1 amide bonds. The van der Waals surface area contributed by atoms with Crippen LogP contribution in [-0.2, 0) is 11.3 Å². The van der Waals surface area contributed by atoms with E-state index in [0.717, 1.165) is 15.6 Å². The van der Waals surface area contributed by atoms with Gasteiger partial charge in [0.15, 0.2) is 5.96 Å². The molecule has 2 aromatic rings. The fourth-order valence-electron chi connectivity index (χ4n) is 2.26. The van der Waals surface area contributed by atoms with Gasteiger partial charge in [0, 0.05) is 18.6 Å². The summed E-state index contributed by atoms with van der Waals surface area (Å²) in [6.45, 7) is 2.79. The summed E-state index contributed by atoms with van der Waals surface area (Å²) in [7, 11) is 3.48. The Kier molecular flexibility index (Phi) is 7.66. The molecule has 1 unspecified atom stereocenters. The topological polar surface area (TPSA) is 56.7 Å². The molecule has 2 N–H and O–H groups in total. The number of rotatable bonds is 6. The molecule has 26 heavy (non-hydrogen) atoms. The number of likely N-dealkylation sites (N-methyl/N-ethyl adjacent to an activating group) is 1. The first-order chi connectivity index (χ1) is 12.5. The molecular formula is C20H25BrN4O. The molecule has 6 heteroatoms. The second kappa shape index (κ2) is 9.97. The lowest BCUT2D eigenvalue weighted by Gasteiger charge is -2.19. The van der Waals surface area contributed by atoms with Gasteiger partial charge in [0.05, 0.1) is 19.1 Å². The van der Waals surface area contributed by atoms with Crippen LogP contribution in [-0.4, -0.2) is 37.4 Å². The molecule has 0 aliphatic carbocycles. The number of hydrogen-bond donors (Lipinski definition) is 2. The van der Waals surface area contributed by atoms with Crippen molar-refractivity contribution in [1.29, 1.82) is 0 Å². The van der Waals surface area contributed by atoms with Crippen molar-refractivity contribution in [3.63, 3.8) is 0 Å². The Labute approximate surface area is 163 Å². The number of guanidine groups is 1. The molecule has 5 nitrogen and oxygen atoms in total. The third-order valence-electron chi connectivity index (χ3n) is 3.89. The summed E-state index contributed by atoms with van der Waals surface area (Å²) in [5.41, 5.74) is 2.25. The van der Waals surface area contributed by atoms with Crippen LogP contribution in [0.3, 0.4) is 0 Å². The Hall–Kier alpha value is -2.34. The van der Waals surface area contributed by atoms with E-state index in [2.05, 4.69) is 50.6 Å². The molecule has 0 aliphatic rings. The molecule has 0 saturated carbocycles. The van der Waals surface area contributed by atoms with Gasteiger partial charge in [-0.2, -0.15) is 0 Å². The van der Waals surface area contributed by atoms with Crippen LogP contribution >= 0.6 is 15.9 Å². The van der Waals surface area contributed by atoms with E-state index < -0.39 is 0 Å². The molecule has 138 valence electrons. The van der Waals surface area contributed by atoms with Gasteiger partial charge in [0.25, 0.3) is 0 Å². The normalized spacial score (nSPS) is 12.4. The average molecular weight is 417 g/mol. The molecule has 0 saturated heterocycles. The van der Waals surface area contributed by atoms with Crippen LogP contribution in [0.4, 0.5) is 0 Å². The Morgan fingerprint density at radius 1 is 1.12 bits per heavy atom. The highest BCUT2D eigenvalue weighted by molar-refractivity contribution is 9.10. The van der Waals surface area contributed by atoms with Crippen molar-refractivity contribution in [2.45, 2.75) is 19.5 Å². The highest BCUT2D eigenvalue weighted by Gasteiger charge is 2.10. The van der Waals surface area contributed by atoms with Crippen molar-refractivity contribution >= 4 is 27.8 Å². The lowest BCUT2D eigenvalue weighted by atomic mass is 10.1. The lowest BCUT2D eigenvalue weighted by Crippen LogP contribution is -2.43. The number of nitrogens with one attached hydrogen (secondary N) is 2. The van der Waals surface area contributed by atoms with Crippen LogP contribution in [0.25, 0.3) is 0 Å². The van der Waals surface area contributed by atoms with Gasteiger partial charge in [0.2, 0.25) is 5.91 Å². The van der Waals surface area contributed by atoms with Crippen LogP contribution in [0, 0.1) is 0 Å². The predicted molar refractivity (Wildman–Crippen MR) is 110 cm³/mol. The fraction of sp³-hybridized carbons (Fsp3) is 0.300. The van der Waals surface area contributed by atoms with Gasteiger partial charge in [-0.15, -0.1) is 0 Å². The van der Waals surface area contributed by atoms with Crippen LogP contribution in [0.5, 0.6) is 0 Å². The van der Waals surface area contributed by atoms with E-state index in [4.69, 9.17) is 0 Å². The molecule has 0 spiro atoms. The number of aliphatic imine (C=N–C) groups is 1. The SMILES string of the molecule is CC(NC(=NCc1ccc(Br)cc1)NCC(=O)N(C)C)c1ccccc1. The highest BCUT2D eigenvalue weighted by atomic mass is 79.9. The Bertz CT molecular complexity index is 729. The molecular weight excluding hydrogens is 392 g/mol. The highest BCUT2D eigenvalue weighted by Crippen LogP contribution is 2.12. The molecule has 0 aromatic heterocycles. The van der Waals surface area contributed by atoms with Crippen molar-refractivity contribution in [3.8, 4) is 0 Å². The zero-order valence-corrected chi connectivity index (χ0v) is 17.0. The number of amides is 1. The van der Waals surface area contributed by atoms with E-state index in [1.807, 2.05) is 42.5 Å². The second-order valence-corrected chi connectivity index (χ2v) is 7.13. The van der Waals surface area contributed by atoms with Gasteiger partial charge >= 0.3 is 0 Å². The Balaban J connectivity index is 2.08. The molecule has 0 fully saturated rings. The Morgan fingerprint density at radius 2 is 1.77 bits per heavy atom. The van der Waals surface area contributed by atoms with Gasteiger partial charge in [-0.25, -0.2) is 4.99 Å². The summed E-state index contributed by atoms with van der Waals surface area (Å²) < 4.78 is 1.04. The van der Waals surface area contributed by atoms with Crippen LogP contribution in [0.15, 0.2) is 64.1 Å². The number of nitrogens with zero attached hydrogens (tertiary/aromatic N) is 2. The van der Waals surface area contributed by atoms with Crippen LogP contribution in [0.1, 0.15) is 24.1 Å². The smallest absolute Gasteiger partial charge is 0.241 e. The monoisotopic (exact) mass is 416 g/mol. The largest absolute Gasteiger partial charge is 0.350 e. The number of hydrogen-bond acceptors (Lipinski definition) is 2. The van der Waals surface area contributed by atoms with E-state index in [9.17, 15) is 4.79 Å². The van der Waals surface area contributed by atoms with E-state index in [1.165, 1.54) is 0 Å². The first-order valence-electron chi connectivity index (χ1n) is 8.50. The fourth-order valence-corrected chi connectivity index (χ4v) is 2.52. The third kappa shape index (κ3) is 6.52. The van der Waals surface area contributed by atoms with Crippen molar-refractivity contribution < 1.29 is 4.79 Å². The van der Waals surface area contributed by atoms with E-state index in [-0.39, 0.29) is 18.5 Å². The zero-order chi connectivity index (χ0) is 18.9. The van der Waals surface area contributed by atoms with Gasteiger partial charge in [-0.3, -0.25) is 4.79 Å². The maximum atomic E-state index is 11.9. The number of carbonyl (C=O) groups excluding carboxylic acids is 1. The number of halogens is 1. The molecule has 0 aliphatic heterocycles. The van der Waals surface area contributed by atoms with Crippen LogP contribution < -0.4 is 10.6 Å². The molecule has 0 radical (unpaired) electrons. The van der Waals surface area contributed by atoms with Crippen LogP contribution in [0.2, 0.25) is 0 Å². The molecule has 0 bridgehead atoms. The summed E-state index contributed by atoms with van der Waals surface area (Å²) in [5.74, 6) is 0.606. The first kappa shape index (κ1) is 20.0. The van der Waals surface area contributed by atoms with E-state index in [1.54, 1.807) is 19.0 Å². The third-order valence-corrected chi connectivity index (χ3v) is 4.42. The van der Waals surface area contributed by atoms with Crippen molar-refractivity contribution in [2.75, 3.05) is 20.6 Å².